The minimum absolute atomic E-state index is 0.188. The fraction of sp³-hybridized carbons (Fsp3) is 0.538. The van der Waals surface area contributed by atoms with E-state index in [-0.39, 0.29) is 12.1 Å². The Hall–Kier alpha value is -0.270. The lowest BCUT2D eigenvalue weighted by Crippen LogP contribution is -2.38. The standard InChI is InChI=1S/C13H18BrNO3S/c1-18-12-7-2-9(14)8-13(12)19(17)15-10-3-5-11(16)6-4-10/h2,7-8,10-11,15-16H,3-6H2,1H3/t10-,11-,19?. The normalized spacial score (nSPS) is 25.1. The number of hydrogen-bond acceptors (Lipinski definition) is 4. The van der Waals surface area contributed by atoms with Gasteiger partial charge in [-0.3, -0.25) is 0 Å². The van der Waals surface area contributed by atoms with Crippen LogP contribution in [-0.4, -0.2) is 28.9 Å². The van der Waals surface area contributed by atoms with Crippen molar-refractivity contribution in [3.63, 3.8) is 0 Å². The Balaban J connectivity index is 2.03. The van der Waals surface area contributed by atoms with Gasteiger partial charge in [-0.1, -0.05) is 15.9 Å². The van der Waals surface area contributed by atoms with Crippen molar-refractivity contribution in [2.75, 3.05) is 7.11 Å². The number of aliphatic hydroxyl groups is 1. The monoisotopic (exact) mass is 347 g/mol. The number of rotatable bonds is 4. The Labute approximate surface area is 125 Å². The second-order valence-corrected chi connectivity index (χ2v) is 6.82. The zero-order valence-corrected chi connectivity index (χ0v) is 13.2. The molecule has 0 heterocycles. The van der Waals surface area contributed by atoms with Crippen LogP contribution in [0.3, 0.4) is 0 Å². The van der Waals surface area contributed by atoms with Crippen LogP contribution in [0.1, 0.15) is 25.7 Å². The Morgan fingerprint density at radius 2 is 2.05 bits per heavy atom. The van der Waals surface area contributed by atoms with Crippen LogP contribution in [0.15, 0.2) is 27.6 Å². The number of ether oxygens (including phenoxy) is 1. The third kappa shape index (κ3) is 4.10. The summed E-state index contributed by atoms with van der Waals surface area (Å²) in [4.78, 5) is 0.642. The highest BCUT2D eigenvalue weighted by Crippen LogP contribution is 2.28. The molecule has 1 aromatic carbocycles. The molecule has 1 unspecified atom stereocenters. The van der Waals surface area contributed by atoms with E-state index < -0.39 is 11.4 Å². The minimum Gasteiger partial charge on any atom is -0.593 e. The largest absolute Gasteiger partial charge is 0.593 e. The van der Waals surface area contributed by atoms with Gasteiger partial charge in [0, 0.05) is 10.5 Å². The van der Waals surface area contributed by atoms with E-state index in [1.165, 1.54) is 0 Å². The van der Waals surface area contributed by atoms with Gasteiger partial charge in [0.15, 0.2) is 5.75 Å². The molecule has 19 heavy (non-hydrogen) atoms. The number of aliphatic hydroxyl groups excluding tert-OH is 1. The van der Waals surface area contributed by atoms with Gasteiger partial charge in [-0.25, -0.2) is 0 Å². The van der Waals surface area contributed by atoms with Crippen molar-refractivity contribution in [2.24, 2.45) is 0 Å². The molecule has 2 rings (SSSR count). The summed E-state index contributed by atoms with van der Waals surface area (Å²) < 4.78 is 21.6. The molecule has 1 saturated carbocycles. The Morgan fingerprint density at radius 1 is 1.37 bits per heavy atom. The number of hydrogen-bond donors (Lipinski definition) is 2. The van der Waals surface area contributed by atoms with Crippen LogP contribution >= 0.6 is 15.9 Å². The zero-order chi connectivity index (χ0) is 13.8. The molecule has 0 radical (unpaired) electrons. The maximum Gasteiger partial charge on any atom is 0.216 e. The first-order valence-electron chi connectivity index (χ1n) is 6.29. The molecule has 0 aliphatic heterocycles. The van der Waals surface area contributed by atoms with Crippen LogP contribution in [0.4, 0.5) is 0 Å². The van der Waals surface area contributed by atoms with Gasteiger partial charge in [0.1, 0.15) is 0 Å². The second-order valence-electron chi connectivity index (χ2n) is 4.69. The van der Waals surface area contributed by atoms with E-state index in [0.717, 1.165) is 30.2 Å². The fourth-order valence-corrected chi connectivity index (χ4v) is 3.95. The number of halogens is 1. The molecule has 4 nitrogen and oxygen atoms in total. The van der Waals surface area contributed by atoms with Gasteiger partial charge in [-0.05, 0) is 37.8 Å². The SMILES string of the molecule is COc1ccc(Br)cc1[S+]([O-])N[C@H]1CC[C@H](O)CC1. The number of methoxy groups -OCH3 is 1. The third-order valence-electron chi connectivity index (χ3n) is 3.30. The minimum atomic E-state index is -1.30. The predicted octanol–water partition coefficient (Wildman–Crippen LogP) is 2.37. The molecule has 1 aliphatic rings. The highest BCUT2D eigenvalue weighted by atomic mass is 79.9. The van der Waals surface area contributed by atoms with Gasteiger partial charge >= 0.3 is 0 Å². The quantitative estimate of drug-likeness (QED) is 0.820. The van der Waals surface area contributed by atoms with Crippen molar-refractivity contribution in [3.05, 3.63) is 22.7 Å². The van der Waals surface area contributed by atoms with E-state index in [1.807, 2.05) is 6.07 Å². The van der Waals surface area contributed by atoms with Crippen LogP contribution in [0.5, 0.6) is 5.75 Å². The Kier molecular flexibility index (Phi) is 5.53. The molecule has 6 heteroatoms. The summed E-state index contributed by atoms with van der Waals surface area (Å²) in [5, 5.41) is 9.47. The molecular formula is C13H18BrNO3S. The molecule has 0 spiro atoms. The highest BCUT2D eigenvalue weighted by Gasteiger charge is 2.26. The van der Waals surface area contributed by atoms with Crippen molar-refractivity contribution in [3.8, 4) is 5.75 Å². The van der Waals surface area contributed by atoms with Gasteiger partial charge in [-0.15, -0.1) is 4.72 Å². The van der Waals surface area contributed by atoms with E-state index in [1.54, 1.807) is 19.2 Å². The lowest BCUT2D eigenvalue weighted by atomic mass is 9.94. The van der Waals surface area contributed by atoms with Crippen molar-refractivity contribution >= 4 is 27.3 Å². The summed E-state index contributed by atoms with van der Waals surface area (Å²) in [6, 6.07) is 5.65. The molecule has 1 fully saturated rings. The average molecular weight is 348 g/mol. The van der Waals surface area contributed by atoms with Gasteiger partial charge in [-0.2, -0.15) is 0 Å². The lowest BCUT2D eigenvalue weighted by Gasteiger charge is -2.26. The van der Waals surface area contributed by atoms with Gasteiger partial charge in [0.25, 0.3) is 0 Å². The Bertz CT molecular complexity index is 424. The third-order valence-corrected chi connectivity index (χ3v) is 5.05. The molecule has 1 aromatic rings. The van der Waals surface area contributed by atoms with E-state index in [9.17, 15) is 9.66 Å². The molecule has 0 bridgehead atoms. The molecule has 0 saturated heterocycles. The lowest BCUT2D eigenvalue weighted by molar-refractivity contribution is 0.120. The van der Waals surface area contributed by atoms with E-state index in [4.69, 9.17) is 4.74 Å². The second kappa shape index (κ2) is 6.95. The number of nitrogens with one attached hydrogen (secondary N) is 1. The maximum absolute atomic E-state index is 12.4. The average Bonchev–Trinajstić information content (AvgIpc) is 2.41. The van der Waals surface area contributed by atoms with E-state index in [0.29, 0.717) is 10.6 Å². The van der Waals surface area contributed by atoms with E-state index >= 15 is 0 Å². The van der Waals surface area contributed by atoms with Crippen molar-refractivity contribution in [2.45, 2.75) is 42.7 Å². The van der Waals surface area contributed by atoms with Crippen LogP contribution < -0.4 is 9.46 Å². The van der Waals surface area contributed by atoms with E-state index in [2.05, 4.69) is 20.7 Å². The van der Waals surface area contributed by atoms with Crippen LogP contribution in [0.25, 0.3) is 0 Å². The first kappa shape index (κ1) is 15.1. The summed E-state index contributed by atoms with van der Waals surface area (Å²) in [6.07, 6.45) is 3.04. The van der Waals surface area contributed by atoms with Crippen molar-refractivity contribution in [1.29, 1.82) is 0 Å². The molecule has 1 aliphatic carbocycles. The van der Waals surface area contributed by atoms with Gasteiger partial charge in [0.2, 0.25) is 4.90 Å². The van der Waals surface area contributed by atoms with Crippen LogP contribution in [0, 0.1) is 0 Å². The number of benzene rings is 1. The summed E-state index contributed by atoms with van der Waals surface area (Å²) in [5.74, 6) is 0.616. The molecule has 0 amide bonds. The smallest absolute Gasteiger partial charge is 0.216 e. The first-order valence-corrected chi connectivity index (χ1v) is 8.24. The Morgan fingerprint density at radius 3 is 2.68 bits per heavy atom. The molecule has 1 atom stereocenters. The van der Waals surface area contributed by atoms with Crippen molar-refractivity contribution in [1.82, 2.24) is 4.72 Å². The molecule has 106 valence electrons. The summed E-state index contributed by atoms with van der Waals surface area (Å²) in [7, 11) is 1.57. The first-order chi connectivity index (χ1) is 9.10. The zero-order valence-electron chi connectivity index (χ0n) is 10.8. The molecular weight excluding hydrogens is 330 g/mol. The van der Waals surface area contributed by atoms with Gasteiger partial charge in [0.05, 0.1) is 30.6 Å². The highest BCUT2D eigenvalue weighted by molar-refractivity contribution is 9.10. The summed E-state index contributed by atoms with van der Waals surface area (Å²) >= 11 is 2.08. The summed E-state index contributed by atoms with van der Waals surface area (Å²) in [6.45, 7) is 0. The fourth-order valence-electron chi connectivity index (χ4n) is 2.20. The van der Waals surface area contributed by atoms with Gasteiger partial charge < -0.3 is 14.4 Å². The van der Waals surface area contributed by atoms with Crippen molar-refractivity contribution < 1.29 is 14.4 Å². The predicted molar refractivity (Wildman–Crippen MR) is 78.5 cm³/mol. The van der Waals surface area contributed by atoms with Crippen LogP contribution in [0.2, 0.25) is 0 Å². The summed E-state index contributed by atoms with van der Waals surface area (Å²) in [5.41, 5.74) is 0. The topological polar surface area (TPSA) is 64.5 Å². The maximum atomic E-state index is 12.4. The molecule has 2 N–H and O–H groups in total. The molecule has 0 aromatic heterocycles. The van der Waals surface area contributed by atoms with Crippen LogP contribution in [-0.2, 0) is 11.4 Å².